The Hall–Kier alpha value is -1.06. The van der Waals surface area contributed by atoms with Crippen LogP contribution < -0.4 is 11.1 Å². The molecule has 0 radical (unpaired) electrons. The van der Waals surface area contributed by atoms with Gasteiger partial charge in [0, 0.05) is 11.6 Å². The standard InChI is InChI=1S/C13H17ClN2O/c1-9(10-3-2-4-11(14)7-10)16-12(17)13(8-15)5-6-13/h2-4,7,9H,5-6,8,15H2,1H3,(H,16,17)/t9-/m0/s1. The van der Waals surface area contributed by atoms with Crippen LogP contribution in [-0.4, -0.2) is 12.5 Å². The van der Waals surface area contributed by atoms with E-state index in [0.717, 1.165) is 18.4 Å². The highest BCUT2D eigenvalue weighted by Crippen LogP contribution is 2.45. The molecule has 1 aromatic carbocycles. The molecule has 0 spiro atoms. The van der Waals surface area contributed by atoms with E-state index >= 15 is 0 Å². The van der Waals surface area contributed by atoms with Gasteiger partial charge in [0.1, 0.15) is 0 Å². The van der Waals surface area contributed by atoms with E-state index < -0.39 is 0 Å². The van der Waals surface area contributed by atoms with Gasteiger partial charge in [0.15, 0.2) is 0 Å². The van der Waals surface area contributed by atoms with Gasteiger partial charge in [0.25, 0.3) is 0 Å². The fourth-order valence-electron chi connectivity index (χ4n) is 1.88. The molecule has 0 bridgehead atoms. The van der Waals surface area contributed by atoms with Crippen molar-refractivity contribution in [2.45, 2.75) is 25.8 Å². The summed E-state index contributed by atoms with van der Waals surface area (Å²) >= 11 is 5.92. The molecule has 17 heavy (non-hydrogen) atoms. The lowest BCUT2D eigenvalue weighted by Gasteiger charge is -2.18. The van der Waals surface area contributed by atoms with Crippen LogP contribution in [0.15, 0.2) is 24.3 Å². The van der Waals surface area contributed by atoms with Gasteiger partial charge in [-0.1, -0.05) is 23.7 Å². The van der Waals surface area contributed by atoms with E-state index in [4.69, 9.17) is 17.3 Å². The molecular weight excluding hydrogens is 236 g/mol. The number of carbonyl (C=O) groups is 1. The highest BCUT2D eigenvalue weighted by atomic mass is 35.5. The zero-order valence-corrected chi connectivity index (χ0v) is 10.6. The van der Waals surface area contributed by atoms with E-state index in [1.54, 1.807) is 0 Å². The van der Waals surface area contributed by atoms with Crippen LogP contribution >= 0.6 is 11.6 Å². The smallest absolute Gasteiger partial charge is 0.227 e. The molecule has 1 atom stereocenters. The second kappa shape index (κ2) is 4.67. The molecule has 4 heteroatoms. The lowest BCUT2D eigenvalue weighted by molar-refractivity contribution is -0.126. The van der Waals surface area contributed by atoms with E-state index in [1.165, 1.54) is 0 Å². The number of halogens is 1. The predicted molar refractivity (Wildman–Crippen MR) is 68.7 cm³/mol. The minimum absolute atomic E-state index is 0.0368. The van der Waals surface area contributed by atoms with Crippen molar-refractivity contribution in [3.8, 4) is 0 Å². The van der Waals surface area contributed by atoms with Crippen LogP contribution in [0, 0.1) is 5.41 Å². The number of nitrogens with two attached hydrogens (primary N) is 1. The summed E-state index contributed by atoms with van der Waals surface area (Å²) in [6.45, 7) is 2.39. The third-order valence-electron chi connectivity index (χ3n) is 3.42. The van der Waals surface area contributed by atoms with Gasteiger partial charge in [-0.3, -0.25) is 4.79 Å². The van der Waals surface area contributed by atoms with Gasteiger partial charge in [0.05, 0.1) is 11.5 Å². The number of amides is 1. The molecule has 1 amide bonds. The van der Waals surface area contributed by atoms with Gasteiger partial charge in [-0.05, 0) is 37.5 Å². The maximum absolute atomic E-state index is 12.0. The van der Waals surface area contributed by atoms with E-state index in [2.05, 4.69) is 5.32 Å². The third-order valence-corrected chi connectivity index (χ3v) is 3.66. The molecule has 1 fully saturated rings. The molecule has 1 aliphatic rings. The Balaban J connectivity index is 2.02. The van der Waals surface area contributed by atoms with Crippen molar-refractivity contribution in [1.29, 1.82) is 0 Å². The molecule has 3 nitrogen and oxygen atoms in total. The van der Waals surface area contributed by atoms with E-state index in [-0.39, 0.29) is 17.4 Å². The largest absolute Gasteiger partial charge is 0.349 e. The van der Waals surface area contributed by atoms with Crippen LogP contribution in [0.1, 0.15) is 31.4 Å². The van der Waals surface area contributed by atoms with Gasteiger partial charge in [0.2, 0.25) is 5.91 Å². The average molecular weight is 253 g/mol. The lowest BCUT2D eigenvalue weighted by Crippen LogP contribution is -2.37. The van der Waals surface area contributed by atoms with E-state index in [9.17, 15) is 4.79 Å². The van der Waals surface area contributed by atoms with Gasteiger partial charge < -0.3 is 11.1 Å². The summed E-state index contributed by atoms with van der Waals surface area (Å²) < 4.78 is 0. The molecule has 3 N–H and O–H groups in total. The van der Waals surface area contributed by atoms with Gasteiger partial charge in [-0.15, -0.1) is 0 Å². The zero-order chi connectivity index (χ0) is 12.5. The summed E-state index contributed by atoms with van der Waals surface area (Å²) in [6, 6.07) is 7.50. The van der Waals surface area contributed by atoms with Gasteiger partial charge in [-0.2, -0.15) is 0 Å². The van der Waals surface area contributed by atoms with Crippen LogP contribution in [0.4, 0.5) is 0 Å². The molecular formula is C13H17ClN2O. The van der Waals surface area contributed by atoms with Crippen molar-refractivity contribution in [1.82, 2.24) is 5.32 Å². The minimum atomic E-state index is -0.299. The quantitative estimate of drug-likeness (QED) is 0.864. The topological polar surface area (TPSA) is 55.1 Å². The Kier molecular flexibility index (Phi) is 3.40. The first-order chi connectivity index (χ1) is 8.07. The number of rotatable bonds is 4. The molecule has 0 aromatic heterocycles. The van der Waals surface area contributed by atoms with Crippen LogP contribution in [0.25, 0.3) is 0 Å². The van der Waals surface area contributed by atoms with Crippen molar-refractivity contribution in [2.75, 3.05) is 6.54 Å². The number of benzene rings is 1. The Morgan fingerprint density at radius 3 is 2.82 bits per heavy atom. The first-order valence-electron chi connectivity index (χ1n) is 5.84. The number of nitrogens with one attached hydrogen (secondary N) is 1. The summed E-state index contributed by atoms with van der Waals surface area (Å²) in [6.07, 6.45) is 1.80. The first-order valence-corrected chi connectivity index (χ1v) is 6.22. The second-order valence-corrected chi connectivity index (χ2v) is 5.17. The van der Waals surface area contributed by atoms with Crippen LogP contribution in [-0.2, 0) is 4.79 Å². The molecule has 0 aliphatic heterocycles. The van der Waals surface area contributed by atoms with E-state index in [1.807, 2.05) is 31.2 Å². The molecule has 0 heterocycles. The summed E-state index contributed by atoms with van der Waals surface area (Å²) in [5.41, 5.74) is 6.34. The van der Waals surface area contributed by atoms with Gasteiger partial charge in [-0.25, -0.2) is 0 Å². The Bertz CT molecular complexity index is 429. The highest BCUT2D eigenvalue weighted by molar-refractivity contribution is 6.30. The average Bonchev–Trinajstić information content (AvgIpc) is 3.09. The number of hydrogen-bond donors (Lipinski definition) is 2. The Labute approximate surface area is 106 Å². The maximum Gasteiger partial charge on any atom is 0.227 e. The SMILES string of the molecule is C[C@H](NC(=O)C1(CN)CC1)c1cccc(Cl)c1. The normalized spacial score (nSPS) is 18.5. The van der Waals surface area contributed by atoms with E-state index in [0.29, 0.717) is 11.6 Å². The summed E-state index contributed by atoms with van der Waals surface area (Å²) in [5.74, 6) is 0.0625. The fraction of sp³-hybridized carbons (Fsp3) is 0.462. The molecule has 1 aromatic rings. The summed E-state index contributed by atoms with van der Waals surface area (Å²) in [5, 5.41) is 3.68. The van der Waals surface area contributed by atoms with Crippen molar-refractivity contribution in [2.24, 2.45) is 11.1 Å². The number of hydrogen-bond acceptors (Lipinski definition) is 2. The van der Waals surface area contributed by atoms with Crippen molar-refractivity contribution in [3.63, 3.8) is 0 Å². The predicted octanol–water partition coefficient (Wildman–Crippen LogP) is 2.26. The highest BCUT2D eigenvalue weighted by Gasteiger charge is 2.48. The van der Waals surface area contributed by atoms with Crippen molar-refractivity contribution >= 4 is 17.5 Å². The number of carbonyl (C=O) groups excluding carboxylic acids is 1. The molecule has 0 saturated heterocycles. The van der Waals surface area contributed by atoms with Crippen LogP contribution in [0.5, 0.6) is 0 Å². The van der Waals surface area contributed by atoms with Crippen LogP contribution in [0.2, 0.25) is 5.02 Å². The van der Waals surface area contributed by atoms with Gasteiger partial charge >= 0.3 is 0 Å². The zero-order valence-electron chi connectivity index (χ0n) is 9.87. The van der Waals surface area contributed by atoms with Crippen molar-refractivity contribution in [3.05, 3.63) is 34.9 Å². The third kappa shape index (κ3) is 2.61. The van der Waals surface area contributed by atoms with Crippen LogP contribution in [0.3, 0.4) is 0 Å². The molecule has 92 valence electrons. The summed E-state index contributed by atoms with van der Waals surface area (Å²) in [4.78, 5) is 12.0. The molecule has 1 aliphatic carbocycles. The molecule has 1 saturated carbocycles. The maximum atomic E-state index is 12.0. The van der Waals surface area contributed by atoms with Crippen molar-refractivity contribution < 1.29 is 4.79 Å². The lowest BCUT2D eigenvalue weighted by atomic mass is 10.0. The minimum Gasteiger partial charge on any atom is -0.349 e. The Morgan fingerprint density at radius 1 is 1.59 bits per heavy atom. The fourth-order valence-corrected chi connectivity index (χ4v) is 2.08. The first kappa shape index (κ1) is 12.4. The molecule has 0 unspecified atom stereocenters. The summed E-state index contributed by atoms with van der Waals surface area (Å²) in [7, 11) is 0. The molecule has 2 rings (SSSR count). The Morgan fingerprint density at radius 2 is 2.29 bits per heavy atom. The monoisotopic (exact) mass is 252 g/mol. The second-order valence-electron chi connectivity index (χ2n) is 4.73.